The van der Waals surface area contributed by atoms with E-state index in [0.717, 1.165) is 38.5 Å². The second kappa shape index (κ2) is 5.05. The first kappa shape index (κ1) is 14.4. The largest absolute Gasteiger partial charge is 0.346 e. The number of nitrogens with one attached hydrogen (secondary N) is 1. The minimum Gasteiger partial charge on any atom is -0.346 e. The minimum atomic E-state index is -2.22. The Bertz CT molecular complexity index is 551. The molecule has 1 amide bonds. The molecular formula is C16H20F2N2O. The summed E-state index contributed by atoms with van der Waals surface area (Å²) in [6.07, 6.45) is 2.96. The maximum absolute atomic E-state index is 14.8. The van der Waals surface area contributed by atoms with Crippen LogP contribution in [0.25, 0.3) is 0 Å². The smallest absolute Gasteiger partial charge is 0.262 e. The highest BCUT2D eigenvalue weighted by Crippen LogP contribution is 2.39. The molecule has 1 saturated heterocycles. The lowest BCUT2D eigenvalue weighted by Crippen LogP contribution is -2.53. The van der Waals surface area contributed by atoms with E-state index in [4.69, 9.17) is 0 Å². The Morgan fingerprint density at radius 3 is 2.67 bits per heavy atom. The van der Waals surface area contributed by atoms with Crippen molar-refractivity contribution in [2.24, 2.45) is 0 Å². The van der Waals surface area contributed by atoms with Gasteiger partial charge in [-0.2, -0.15) is 0 Å². The molecule has 1 N–H and O–H groups in total. The van der Waals surface area contributed by atoms with E-state index in [1.165, 1.54) is 31.5 Å². The quantitative estimate of drug-likeness (QED) is 0.904. The van der Waals surface area contributed by atoms with Crippen molar-refractivity contribution in [3.05, 3.63) is 35.6 Å². The number of rotatable bonds is 5. The van der Waals surface area contributed by atoms with E-state index < -0.39 is 17.4 Å². The summed E-state index contributed by atoms with van der Waals surface area (Å²) in [6, 6.07) is 5.18. The van der Waals surface area contributed by atoms with E-state index in [9.17, 15) is 13.6 Å². The van der Waals surface area contributed by atoms with E-state index >= 15 is 0 Å². The monoisotopic (exact) mass is 294 g/mol. The lowest BCUT2D eigenvalue weighted by molar-refractivity contribution is -0.133. The third-order valence-electron chi connectivity index (χ3n) is 4.50. The summed E-state index contributed by atoms with van der Waals surface area (Å²) in [7, 11) is 0. The third kappa shape index (κ3) is 2.93. The van der Waals surface area contributed by atoms with Crippen LogP contribution in [0.4, 0.5) is 8.78 Å². The van der Waals surface area contributed by atoms with Gasteiger partial charge in [0.1, 0.15) is 5.82 Å². The van der Waals surface area contributed by atoms with Gasteiger partial charge in [0.25, 0.3) is 5.91 Å². The molecule has 0 radical (unpaired) electrons. The van der Waals surface area contributed by atoms with Gasteiger partial charge in [0.05, 0.1) is 5.54 Å². The zero-order valence-electron chi connectivity index (χ0n) is 12.2. The van der Waals surface area contributed by atoms with E-state index in [0.29, 0.717) is 0 Å². The number of amides is 1. The van der Waals surface area contributed by atoms with E-state index in [-0.39, 0.29) is 11.1 Å². The number of alkyl halides is 1. The van der Waals surface area contributed by atoms with Crippen LogP contribution in [-0.4, -0.2) is 36.0 Å². The molecule has 1 atom stereocenters. The molecule has 2 fully saturated rings. The van der Waals surface area contributed by atoms with Crippen LogP contribution in [0.2, 0.25) is 0 Å². The lowest BCUT2D eigenvalue weighted by Gasteiger charge is -2.35. The molecule has 0 unspecified atom stereocenters. The fraction of sp³-hybridized carbons (Fsp3) is 0.562. The number of carbonyl (C=O) groups excluding carboxylic acids is 1. The summed E-state index contributed by atoms with van der Waals surface area (Å²) >= 11 is 0. The molecule has 1 aromatic carbocycles. The Balaban J connectivity index is 1.69. The molecule has 1 aliphatic heterocycles. The number of halogens is 2. The van der Waals surface area contributed by atoms with Gasteiger partial charge in [0.15, 0.2) is 0 Å². The first-order chi connectivity index (χ1) is 9.91. The predicted octanol–water partition coefficient (Wildman–Crippen LogP) is 2.36. The minimum absolute atomic E-state index is 0.0553. The Kier molecular flexibility index (Phi) is 3.48. The van der Waals surface area contributed by atoms with Gasteiger partial charge >= 0.3 is 0 Å². The standard InChI is InChI=1S/C16H20F2N2O/c1-15(18,12-4-2-5-13(17)10-12)14(21)19-16(6-7-16)11-20-8-3-9-20/h2,4-5,10H,3,6-9,11H2,1H3,(H,19,21)/t15-/m0/s1. The molecule has 1 heterocycles. The van der Waals surface area contributed by atoms with Crippen LogP contribution >= 0.6 is 0 Å². The predicted molar refractivity (Wildman–Crippen MR) is 76.0 cm³/mol. The van der Waals surface area contributed by atoms with Gasteiger partial charge in [0, 0.05) is 12.1 Å². The number of carbonyl (C=O) groups is 1. The van der Waals surface area contributed by atoms with Gasteiger partial charge in [-0.25, -0.2) is 8.78 Å². The van der Waals surface area contributed by atoms with Crippen LogP contribution in [-0.2, 0) is 10.5 Å². The number of nitrogens with zero attached hydrogens (tertiary/aromatic N) is 1. The molecule has 1 saturated carbocycles. The van der Waals surface area contributed by atoms with Crippen molar-refractivity contribution in [1.82, 2.24) is 10.2 Å². The van der Waals surface area contributed by atoms with Crippen molar-refractivity contribution in [2.45, 2.75) is 37.4 Å². The Labute approximate surface area is 123 Å². The number of hydrogen-bond donors (Lipinski definition) is 1. The summed E-state index contributed by atoms with van der Waals surface area (Å²) in [6.45, 7) is 4.08. The number of likely N-dealkylation sites (tertiary alicyclic amines) is 1. The highest BCUT2D eigenvalue weighted by atomic mass is 19.1. The first-order valence-electron chi connectivity index (χ1n) is 7.41. The molecule has 3 nitrogen and oxygen atoms in total. The molecule has 0 aromatic heterocycles. The normalized spacial score (nSPS) is 23.0. The zero-order chi connectivity index (χ0) is 15.1. The SMILES string of the molecule is C[C@@](F)(C(=O)NC1(CN2CCC2)CC1)c1cccc(F)c1. The Morgan fingerprint density at radius 1 is 1.43 bits per heavy atom. The molecule has 1 aromatic rings. The van der Waals surface area contributed by atoms with Crippen LogP contribution in [0, 0.1) is 5.82 Å². The summed E-state index contributed by atoms with van der Waals surface area (Å²) in [5.74, 6) is -1.21. The Morgan fingerprint density at radius 2 is 2.14 bits per heavy atom. The average molecular weight is 294 g/mol. The van der Waals surface area contributed by atoms with E-state index in [1.807, 2.05) is 0 Å². The van der Waals surface area contributed by atoms with Crippen molar-refractivity contribution >= 4 is 5.91 Å². The van der Waals surface area contributed by atoms with E-state index in [1.54, 1.807) is 0 Å². The maximum atomic E-state index is 14.8. The number of benzene rings is 1. The molecule has 1 aliphatic carbocycles. The van der Waals surface area contributed by atoms with Gasteiger partial charge in [-0.3, -0.25) is 4.79 Å². The molecular weight excluding hydrogens is 274 g/mol. The highest BCUT2D eigenvalue weighted by molar-refractivity contribution is 5.87. The van der Waals surface area contributed by atoms with Crippen LogP contribution < -0.4 is 5.32 Å². The Hall–Kier alpha value is -1.49. The van der Waals surface area contributed by atoms with Crippen molar-refractivity contribution in [1.29, 1.82) is 0 Å². The van der Waals surface area contributed by atoms with Crippen molar-refractivity contribution in [2.75, 3.05) is 19.6 Å². The molecule has 114 valence electrons. The maximum Gasteiger partial charge on any atom is 0.262 e. The fourth-order valence-electron chi connectivity index (χ4n) is 2.71. The highest BCUT2D eigenvalue weighted by Gasteiger charge is 2.49. The molecule has 3 rings (SSSR count). The summed E-state index contributed by atoms with van der Waals surface area (Å²) < 4.78 is 28.0. The lowest BCUT2D eigenvalue weighted by atomic mass is 9.96. The first-order valence-corrected chi connectivity index (χ1v) is 7.41. The van der Waals surface area contributed by atoms with Crippen LogP contribution in [0.5, 0.6) is 0 Å². The van der Waals surface area contributed by atoms with Crippen molar-refractivity contribution in [3.8, 4) is 0 Å². The summed E-state index contributed by atoms with van der Waals surface area (Å²) in [4.78, 5) is 14.6. The molecule has 5 heteroatoms. The van der Waals surface area contributed by atoms with Gasteiger partial charge in [-0.1, -0.05) is 12.1 Å². The summed E-state index contributed by atoms with van der Waals surface area (Å²) in [5.41, 5.74) is -2.44. The molecule has 0 spiro atoms. The van der Waals surface area contributed by atoms with Crippen LogP contribution in [0.1, 0.15) is 31.7 Å². The van der Waals surface area contributed by atoms with Crippen molar-refractivity contribution < 1.29 is 13.6 Å². The molecule has 0 bridgehead atoms. The molecule has 2 aliphatic rings. The molecule has 21 heavy (non-hydrogen) atoms. The fourth-order valence-corrected chi connectivity index (χ4v) is 2.71. The second-order valence-corrected chi connectivity index (χ2v) is 6.38. The van der Waals surface area contributed by atoms with Gasteiger partial charge in [-0.05, 0) is 51.4 Å². The van der Waals surface area contributed by atoms with Crippen molar-refractivity contribution in [3.63, 3.8) is 0 Å². The number of hydrogen-bond acceptors (Lipinski definition) is 2. The average Bonchev–Trinajstić information content (AvgIpc) is 3.14. The summed E-state index contributed by atoms with van der Waals surface area (Å²) in [5, 5.41) is 2.85. The second-order valence-electron chi connectivity index (χ2n) is 6.38. The topological polar surface area (TPSA) is 32.3 Å². The van der Waals surface area contributed by atoms with E-state index in [2.05, 4.69) is 10.2 Å². The third-order valence-corrected chi connectivity index (χ3v) is 4.50. The van der Waals surface area contributed by atoms with Crippen LogP contribution in [0.15, 0.2) is 24.3 Å². The van der Waals surface area contributed by atoms with Gasteiger partial charge in [0.2, 0.25) is 5.67 Å². The van der Waals surface area contributed by atoms with Crippen LogP contribution in [0.3, 0.4) is 0 Å². The zero-order valence-corrected chi connectivity index (χ0v) is 12.2. The van der Waals surface area contributed by atoms with Gasteiger partial charge < -0.3 is 10.2 Å². The van der Waals surface area contributed by atoms with Gasteiger partial charge in [-0.15, -0.1) is 0 Å².